The monoisotopic (exact) mass is 1050 g/mol. The molecule has 8 rings (SSSR count). The highest BCUT2D eigenvalue weighted by molar-refractivity contribution is 7.15. The minimum atomic E-state index is -0.503. The van der Waals surface area contributed by atoms with Gasteiger partial charge in [-0.05, 0) is 76.3 Å². The van der Waals surface area contributed by atoms with Gasteiger partial charge in [0.2, 0.25) is 17.8 Å². The van der Waals surface area contributed by atoms with Crippen molar-refractivity contribution < 1.29 is 23.9 Å². The van der Waals surface area contributed by atoms with E-state index >= 15 is 0 Å². The number of aryl methyl sites for hydroxylation is 3. The van der Waals surface area contributed by atoms with E-state index in [-0.39, 0.29) is 42.4 Å². The molecule has 0 bridgehead atoms. The highest BCUT2D eigenvalue weighted by atomic mass is 35.5. The predicted molar refractivity (Wildman–Crippen MR) is 287 cm³/mol. The standard InChI is InChI=1S/C52H62Cl2N12O6S/c1-30-31(2)73-51-44(30)45(33-14-16-36(53)17-15-33)60-39(48-63-62-32(3)66(48)51)27-42(67)56-20-12-10-8-7-9-11-13-21-57-49(69)34-18-22-65(23-19-34)52-58-28-38(54)47(61-52)59-37-24-35-25-41(72-29-43(68)55-4)50(70)64(5)46(35)40(26-37)71-6/h14-17,24-26,28,34,39H,7-13,18-23,27,29H2,1-6H3,(H,55,68)(H,56,67)(H,57,69)(H,58,59,61)/t39-/m0/s1. The van der Waals surface area contributed by atoms with Crippen LogP contribution in [-0.2, 0) is 21.4 Å². The second kappa shape index (κ2) is 24.0. The number of fused-ring (bicyclic) bond motifs is 4. The van der Waals surface area contributed by atoms with Gasteiger partial charge in [0.15, 0.2) is 24.0 Å². The van der Waals surface area contributed by atoms with Crippen LogP contribution in [0.3, 0.4) is 0 Å². The van der Waals surface area contributed by atoms with Crippen LogP contribution in [0, 0.1) is 26.7 Å². The molecule has 18 nitrogen and oxygen atoms in total. The van der Waals surface area contributed by atoms with Gasteiger partial charge in [0.1, 0.15) is 27.6 Å². The number of carbonyl (C=O) groups is 3. The largest absolute Gasteiger partial charge is 0.494 e. The van der Waals surface area contributed by atoms with E-state index in [0.29, 0.717) is 89.0 Å². The second-order valence-electron chi connectivity index (χ2n) is 18.4. The van der Waals surface area contributed by atoms with Gasteiger partial charge in [0.05, 0.1) is 31.0 Å². The number of methoxy groups -OCH3 is 1. The van der Waals surface area contributed by atoms with E-state index < -0.39 is 11.6 Å². The summed E-state index contributed by atoms with van der Waals surface area (Å²) in [4.78, 5) is 69.0. The molecule has 21 heteroatoms. The van der Waals surface area contributed by atoms with Crippen LogP contribution in [0.5, 0.6) is 11.5 Å². The summed E-state index contributed by atoms with van der Waals surface area (Å²) in [6.45, 7) is 8.33. The number of thiophene rings is 1. The molecule has 2 aromatic carbocycles. The SMILES string of the molecule is CNC(=O)COc1cc2cc(Nc3nc(N4CCC(C(=O)NCCCCCCCCCNC(=O)C[C@@H]5N=C(c6ccc(Cl)cc6)c6c(sc(C)c6C)-n6c(C)nnc65)CC4)ncc3Cl)cc(OC)c2n(C)c1=O. The number of benzene rings is 2. The fourth-order valence-corrected chi connectivity index (χ4v) is 10.8. The quantitative estimate of drug-likeness (QED) is 0.0502. The molecule has 386 valence electrons. The van der Waals surface area contributed by atoms with Gasteiger partial charge in [0.25, 0.3) is 11.5 Å². The van der Waals surface area contributed by atoms with E-state index in [0.717, 1.165) is 78.2 Å². The number of piperidine rings is 1. The number of amides is 3. The Bertz CT molecular complexity index is 3070. The molecule has 6 heterocycles. The number of likely N-dealkylation sites (N-methyl/N-ethyl adjacent to an activating group) is 1. The number of nitrogens with one attached hydrogen (secondary N) is 4. The summed E-state index contributed by atoms with van der Waals surface area (Å²) in [6.07, 6.45) is 10.2. The highest BCUT2D eigenvalue weighted by Gasteiger charge is 2.33. The first-order valence-electron chi connectivity index (χ1n) is 24.7. The Hall–Kier alpha value is -6.57. The number of aliphatic imine (C=N–C) groups is 1. The minimum Gasteiger partial charge on any atom is -0.494 e. The number of ether oxygens (including phenoxy) is 2. The topological polar surface area (TPSA) is 212 Å². The summed E-state index contributed by atoms with van der Waals surface area (Å²) in [5.41, 5.74) is 4.69. The van der Waals surface area contributed by atoms with Crippen LogP contribution in [0.2, 0.25) is 10.0 Å². The third-order valence-corrected chi connectivity index (χ3v) is 15.2. The molecule has 73 heavy (non-hydrogen) atoms. The summed E-state index contributed by atoms with van der Waals surface area (Å²) in [5.74, 6) is 2.31. The summed E-state index contributed by atoms with van der Waals surface area (Å²) in [7, 11) is 4.62. The van der Waals surface area contributed by atoms with Crippen molar-refractivity contribution in [3.63, 3.8) is 0 Å². The van der Waals surface area contributed by atoms with Crippen molar-refractivity contribution in [2.24, 2.45) is 18.0 Å². The summed E-state index contributed by atoms with van der Waals surface area (Å²) < 4.78 is 14.7. The van der Waals surface area contributed by atoms with Crippen molar-refractivity contribution >= 4 is 86.3 Å². The number of halogens is 2. The maximum Gasteiger partial charge on any atom is 0.293 e. The molecule has 1 saturated heterocycles. The first kappa shape index (κ1) is 52.7. The normalized spacial score (nSPS) is 14.5. The molecular weight excluding hydrogens is 992 g/mol. The number of aromatic nitrogens is 6. The molecule has 4 aromatic heterocycles. The van der Waals surface area contributed by atoms with Crippen LogP contribution in [-0.4, -0.2) is 99.7 Å². The molecule has 0 radical (unpaired) electrons. The van der Waals surface area contributed by atoms with Gasteiger partial charge in [-0.1, -0.05) is 67.4 Å². The molecule has 0 saturated carbocycles. The molecule has 0 aliphatic carbocycles. The number of hydrogen-bond donors (Lipinski definition) is 4. The molecular formula is C52H62Cl2N12O6S. The van der Waals surface area contributed by atoms with E-state index in [1.807, 2.05) is 42.2 Å². The minimum absolute atomic E-state index is 0.0208. The van der Waals surface area contributed by atoms with Gasteiger partial charge >= 0.3 is 0 Å². The Morgan fingerprint density at radius 1 is 0.877 bits per heavy atom. The van der Waals surface area contributed by atoms with Crippen molar-refractivity contribution in [1.29, 1.82) is 0 Å². The van der Waals surface area contributed by atoms with E-state index in [2.05, 4.69) is 54.9 Å². The van der Waals surface area contributed by atoms with Crippen LogP contribution in [0.4, 0.5) is 17.5 Å². The maximum absolute atomic E-state index is 13.4. The molecule has 6 aromatic rings. The number of carbonyl (C=O) groups excluding carboxylic acids is 3. The zero-order valence-corrected chi connectivity index (χ0v) is 44.4. The molecule has 4 N–H and O–H groups in total. The average molecular weight is 1050 g/mol. The molecule has 0 spiro atoms. The highest BCUT2D eigenvalue weighted by Crippen LogP contribution is 2.40. The van der Waals surface area contributed by atoms with E-state index in [9.17, 15) is 19.2 Å². The summed E-state index contributed by atoms with van der Waals surface area (Å²) in [6, 6.07) is 12.3. The molecule has 3 amide bonds. The Morgan fingerprint density at radius 2 is 1.58 bits per heavy atom. The third-order valence-electron chi connectivity index (χ3n) is 13.5. The zero-order chi connectivity index (χ0) is 51.8. The number of hydrogen-bond acceptors (Lipinski definition) is 14. The smallest absolute Gasteiger partial charge is 0.293 e. The first-order chi connectivity index (χ1) is 35.2. The summed E-state index contributed by atoms with van der Waals surface area (Å²) in [5, 5.41) is 23.6. The van der Waals surface area contributed by atoms with E-state index in [1.165, 1.54) is 23.6 Å². The van der Waals surface area contributed by atoms with Crippen LogP contribution >= 0.6 is 34.5 Å². The van der Waals surface area contributed by atoms with Gasteiger partial charge in [-0.2, -0.15) is 4.98 Å². The van der Waals surface area contributed by atoms with Crippen molar-refractivity contribution in [3.05, 3.63) is 102 Å². The number of rotatable bonds is 21. The average Bonchev–Trinajstić information content (AvgIpc) is 3.87. The lowest BCUT2D eigenvalue weighted by atomic mass is 9.96. The van der Waals surface area contributed by atoms with Crippen molar-refractivity contribution in [1.82, 2.24) is 45.2 Å². The maximum atomic E-state index is 13.4. The van der Waals surface area contributed by atoms with Crippen LogP contribution in [0.25, 0.3) is 15.9 Å². The van der Waals surface area contributed by atoms with Gasteiger partial charge in [-0.25, -0.2) is 4.98 Å². The molecule has 1 fully saturated rings. The number of nitrogens with zero attached hydrogens (tertiary/aromatic N) is 8. The fourth-order valence-electron chi connectivity index (χ4n) is 9.29. The van der Waals surface area contributed by atoms with Crippen molar-refractivity contribution in [3.8, 4) is 16.5 Å². The van der Waals surface area contributed by atoms with Gasteiger partial charge in [-0.15, -0.1) is 21.5 Å². The Kier molecular flexibility index (Phi) is 17.3. The molecule has 2 aliphatic rings. The van der Waals surface area contributed by atoms with Crippen LogP contribution in [0.15, 0.2) is 58.4 Å². The second-order valence-corrected chi connectivity index (χ2v) is 20.5. The predicted octanol–water partition coefficient (Wildman–Crippen LogP) is 8.24. The number of pyridine rings is 1. The Morgan fingerprint density at radius 3 is 2.27 bits per heavy atom. The van der Waals surface area contributed by atoms with E-state index in [4.69, 9.17) is 42.7 Å². The fraction of sp³-hybridized carbons (Fsp3) is 0.442. The Labute approximate surface area is 438 Å². The number of unbranched alkanes of at least 4 members (excludes halogenated alkanes) is 6. The lowest BCUT2D eigenvalue weighted by Crippen LogP contribution is -2.41. The molecule has 2 aliphatic heterocycles. The zero-order valence-electron chi connectivity index (χ0n) is 42.1. The third kappa shape index (κ3) is 12.3. The molecule has 0 unspecified atom stereocenters. The van der Waals surface area contributed by atoms with Crippen molar-refractivity contribution in [2.75, 3.05) is 57.2 Å². The van der Waals surface area contributed by atoms with Gasteiger partial charge < -0.3 is 40.2 Å². The van der Waals surface area contributed by atoms with Crippen molar-refractivity contribution in [2.45, 2.75) is 91.0 Å². The first-order valence-corrected chi connectivity index (χ1v) is 26.3. The number of anilines is 3. The summed E-state index contributed by atoms with van der Waals surface area (Å²) >= 11 is 14.5. The Balaban J connectivity index is 0.730. The lowest BCUT2D eigenvalue weighted by Gasteiger charge is -2.31. The van der Waals surface area contributed by atoms with Crippen LogP contribution in [0.1, 0.15) is 103 Å². The van der Waals surface area contributed by atoms with Crippen LogP contribution < -0.4 is 41.2 Å². The van der Waals surface area contributed by atoms with Gasteiger partial charge in [-0.3, -0.25) is 28.7 Å². The van der Waals surface area contributed by atoms with Gasteiger partial charge in [0, 0.05) is 84.4 Å². The molecule has 1 atom stereocenters. The van der Waals surface area contributed by atoms with E-state index in [1.54, 1.807) is 36.7 Å². The lowest BCUT2D eigenvalue weighted by molar-refractivity contribution is -0.125.